The van der Waals surface area contributed by atoms with E-state index in [4.69, 9.17) is 5.84 Å². The van der Waals surface area contributed by atoms with Gasteiger partial charge in [-0.3, -0.25) is 16.3 Å². The smallest absolute Gasteiger partial charge is 0.0708 e. The topological polar surface area (TPSA) is 50.9 Å². The van der Waals surface area contributed by atoms with E-state index in [0.717, 1.165) is 29.4 Å². The summed E-state index contributed by atoms with van der Waals surface area (Å²) in [5.74, 6) is 5.68. The number of aryl methyl sites for hydroxylation is 1. The molecule has 0 saturated carbocycles. The van der Waals surface area contributed by atoms with Crippen molar-refractivity contribution in [3.05, 3.63) is 54.2 Å². The highest BCUT2D eigenvalue weighted by atomic mass is 15.2. The van der Waals surface area contributed by atoms with Crippen LogP contribution in [-0.4, -0.2) is 4.98 Å². The molecule has 1 aromatic heterocycles. The molecule has 0 fully saturated rings. The summed E-state index contributed by atoms with van der Waals surface area (Å²) in [6.45, 7) is 5.77. The second-order valence-corrected chi connectivity index (χ2v) is 4.46. The third-order valence-corrected chi connectivity index (χ3v) is 3.11. The highest BCUT2D eigenvalue weighted by Crippen LogP contribution is 2.26. The van der Waals surface area contributed by atoms with Crippen molar-refractivity contribution in [3.63, 3.8) is 0 Å². The normalized spacial score (nSPS) is 12.6. The van der Waals surface area contributed by atoms with Gasteiger partial charge in [-0.2, -0.15) is 0 Å². The number of nitrogens with one attached hydrogen (secondary N) is 1. The van der Waals surface area contributed by atoms with Crippen molar-refractivity contribution in [1.82, 2.24) is 10.4 Å². The molecular weight excluding hydrogens is 222 g/mol. The average Bonchev–Trinajstić information content (AvgIpc) is 2.39. The number of benzene rings is 1. The molecule has 0 aliphatic carbocycles. The molecule has 1 aromatic carbocycles. The number of allylic oxidation sites excluding steroid dienone is 1. The molecule has 0 amide bonds. The van der Waals surface area contributed by atoms with Gasteiger partial charge in [-0.1, -0.05) is 24.3 Å². The number of hydrogen-bond acceptors (Lipinski definition) is 3. The van der Waals surface area contributed by atoms with E-state index in [2.05, 4.69) is 29.1 Å². The molecule has 3 N–H and O–H groups in total. The maximum atomic E-state index is 5.68. The van der Waals surface area contributed by atoms with Crippen LogP contribution in [0.25, 0.3) is 10.9 Å². The Balaban J connectivity index is 2.50. The highest BCUT2D eigenvalue weighted by Gasteiger charge is 2.13. The summed E-state index contributed by atoms with van der Waals surface area (Å²) in [7, 11) is 0. The molecule has 1 unspecified atom stereocenters. The molecule has 2 aromatic rings. The van der Waals surface area contributed by atoms with Crippen LogP contribution in [0.2, 0.25) is 0 Å². The van der Waals surface area contributed by atoms with Gasteiger partial charge in [-0.15, -0.1) is 6.58 Å². The molecule has 0 aliphatic rings. The van der Waals surface area contributed by atoms with Crippen LogP contribution in [0.4, 0.5) is 0 Å². The van der Waals surface area contributed by atoms with E-state index < -0.39 is 0 Å². The summed E-state index contributed by atoms with van der Waals surface area (Å²) in [6.07, 6.45) is 3.79. The lowest BCUT2D eigenvalue weighted by molar-refractivity contribution is 0.523. The fourth-order valence-corrected chi connectivity index (χ4v) is 2.24. The Morgan fingerprint density at radius 2 is 2.22 bits per heavy atom. The van der Waals surface area contributed by atoms with Gasteiger partial charge in [0.05, 0.1) is 5.52 Å². The van der Waals surface area contributed by atoms with Crippen molar-refractivity contribution < 1.29 is 0 Å². The molecule has 1 atom stereocenters. The lowest BCUT2D eigenvalue weighted by Crippen LogP contribution is -2.28. The van der Waals surface area contributed by atoms with Gasteiger partial charge in [-0.25, -0.2) is 0 Å². The lowest BCUT2D eigenvalue weighted by Gasteiger charge is -2.18. The molecule has 1 heterocycles. The summed E-state index contributed by atoms with van der Waals surface area (Å²) >= 11 is 0. The van der Waals surface area contributed by atoms with Crippen LogP contribution in [0.3, 0.4) is 0 Å². The first kappa shape index (κ1) is 12.7. The Hall–Kier alpha value is -1.71. The molecule has 18 heavy (non-hydrogen) atoms. The maximum Gasteiger partial charge on any atom is 0.0708 e. The fraction of sp³-hybridized carbons (Fsp3) is 0.267. The molecule has 0 aliphatic heterocycles. The van der Waals surface area contributed by atoms with Crippen LogP contribution in [0, 0.1) is 6.92 Å². The monoisotopic (exact) mass is 241 g/mol. The maximum absolute atomic E-state index is 5.68. The molecule has 0 bridgehead atoms. The summed E-state index contributed by atoms with van der Waals surface area (Å²) < 4.78 is 0. The van der Waals surface area contributed by atoms with Crippen molar-refractivity contribution in [1.29, 1.82) is 0 Å². The van der Waals surface area contributed by atoms with E-state index in [-0.39, 0.29) is 6.04 Å². The van der Waals surface area contributed by atoms with E-state index in [9.17, 15) is 0 Å². The number of aromatic nitrogens is 1. The second-order valence-electron chi connectivity index (χ2n) is 4.46. The van der Waals surface area contributed by atoms with Crippen molar-refractivity contribution in [2.75, 3.05) is 0 Å². The number of hydrogen-bond donors (Lipinski definition) is 2. The van der Waals surface area contributed by atoms with Crippen molar-refractivity contribution in [3.8, 4) is 0 Å². The van der Waals surface area contributed by atoms with Gasteiger partial charge < -0.3 is 0 Å². The molecule has 0 saturated heterocycles. The van der Waals surface area contributed by atoms with E-state index in [1.54, 1.807) is 0 Å². The van der Waals surface area contributed by atoms with Crippen LogP contribution >= 0.6 is 0 Å². The molecule has 2 rings (SSSR count). The number of nitrogens with two attached hydrogens (primary N) is 1. The number of pyridine rings is 1. The van der Waals surface area contributed by atoms with Gasteiger partial charge in [0.25, 0.3) is 0 Å². The SMILES string of the molecule is C=CCCC(NN)c1cc(C)nc2ccccc12. The van der Waals surface area contributed by atoms with E-state index in [1.165, 1.54) is 5.56 Å². The van der Waals surface area contributed by atoms with Crippen molar-refractivity contribution in [2.24, 2.45) is 5.84 Å². The van der Waals surface area contributed by atoms with Gasteiger partial charge >= 0.3 is 0 Å². The molecule has 0 radical (unpaired) electrons. The van der Waals surface area contributed by atoms with Gasteiger partial charge in [0.2, 0.25) is 0 Å². The lowest BCUT2D eigenvalue weighted by atomic mass is 9.98. The third kappa shape index (κ3) is 2.58. The molecule has 0 spiro atoms. The first-order chi connectivity index (χ1) is 8.76. The fourth-order valence-electron chi connectivity index (χ4n) is 2.24. The summed E-state index contributed by atoms with van der Waals surface area (Å²) in [6, 6.07) is 10.4. The van der Waals surface area contributed by atoms with Crippen molar-refractivity contribution >= 4 is 10.9 Å². The van der Waals surface area contributed by atoms with Gasteiger partial charge in [-0.05, 0) is 37.5 Å². The van der Waals surface area contributed by atoms with Gasteiger partial charge in [0, 0.05) is 17.1 Å². The van der Waals surface area contributed by atoms with E-state index in [0.29, 0.717) is 0 Å². The quantitative estimate of drug-likeness (QED) is 0.480. The molecule has 3 nitrogen and oxygen atoms in total. The molecule has 94 valence electrons. The van der Waals surface area contributed by atoms with Gasteiger partial charge in [0.15, 0.2) is 0 Å². The number of rotatable bonds is 5. The zero-order valence-corrected chi connectivity index (χ0v) is 10.7. The van der Waals surface area contributed by atoms with Crippen LogP contribution < -0.4 is 11.3 Å². The van der Waals surface area contributed by atoms with E-state index >= 15 is 0 Å². The predicted octanol–water partition coefficient (Wildman–Crippen LogP) is 3.01. The van der Waals surface area contributed by atoms with Gasteiger partial charge in [0.1, 0.15) is 0 Å². The average molecular weight is 241 g/mol. The predicted molar refractivity (Wildman–Crippen MR) is 76.0 cm³/mol. The summed E-state index contributed by atoms with van der Waals surface area (Å²) in [5, 5.41) is 1.16. The summed E-state index contributed by atoms with van der Waals surface area (Å²) in [5.41, 5.74) is 6.14. The number of nitrogens with zero attached hydrogens (tertiary/aromatic N) is 1. The highest BCUT2D eigenvalue weighted by molar-refractivity contribution is 5.82. The van der Waals surface area contributed by atoms with Crippen LogP contribution in [0.5, 0.6) is 0 Å². The van der Waals surface area contributed by atoms with E-state index in [1.807, 2.05) is 31.2 Å². The number of para-hydroxylation sites is 1. The van der Waals surface area contributed by atoms with Crippen LogP contribution in [0.1, 0.15) is 30.1 Å². The summed E-state index contributed by atoms with van der Waals surface area (Å²) in [4.78, 5) is 4.54. The largest absolute Gasteiger partial charge is 0.271 e. The number of fused-ring (bicyclic) bond motifs is 1. The minimum absolute atomic E-state index is 0.134. The Kier molecular flexibility index (Phi) is 4.07. The van der Waals surface area contributed by atoms with Crippen LogP contribution in [0.15, 0.2) is 43.0 Å². The Labute approximate surface area is 108 Å². The Morgan fingerprint density at radius 3 is 2.94 bits per heavy atom. The molecular formula is C15H19N3. The first-order valence-corrected chi connectivity index (χ1v) is 6.19. The minimum atomic E-state index is 0.134. The minimum Gasteiger partial charge on any atom is -0.271 e. The standard InChI is InChI=1S/C15H19N3/c1-3-4-8-15(18-16)13-10-11(2)17-14-9-6-5-7-12(13)14/h3,5-7,9-10,15,18H,1,4,8,16H2,2H3. The number of hydrazine groups is 1. The zero-order valence-electron chi connectivity index (χ0n) is 10.7. The van der Waals surface area contributed by atoms with Crippen LogP contribution in [-0.2, 0) is 0 Å². The molecule has 3 heteroatoms. The second kappa shape index (κ2) is 5.76. The third-order valence-electron chi connectivity index (χ3n) is 3.11. The van der Waals surface area contributed by atoms with Crippen molar-refractivity contribution in [2.45, 2.75) is 25.8 Å². The first-order valence-electron chi connectivity index (χ1n) is 6.19. The Morgan fingerprint density at radius 1 is 1.44 bits per heavy atom. The Bertz CT molecular complexity index is 548. The zero-order chi connectivity index (χ0) is 13.0.